The fourth-order valence-corrected chi connectivity index (χ4v) is 7.77. The highest BCUT2D eigenvalue weighted by atomic mass is 127. The van der Waals surface area contributed by atoms with E-state index in [-0.39, 0.29) is 22.4 Å². The summed E-state index contributed by atoms with van der Waals surface area (Å²) in [5.74, 6) is 1.27. The monoisotopic (exact) mass is 681 g/mol. The predicted octanol–water partition coefficient (Wildman–Crippen LogP) is 8.67. The first kappa shape index (κ1) is 30.8. The van der Waals surface area contributed by atoms with Crippen molar-refractivity contribution in [3.8, 4) is 11.5 Å². The van der Waals surface area contributed by atoms with Crippen molar-refractivity contribution in [2.75, 3.05) is 13.2 Å². The molecule has 1 aliphatic heterocycles. The molecule has 0 radical (unpaired) electrons. The average Bonchev–Trinajstić information content (AvgIpc) is 2.88. The molecule has 2 aliphatic carbocycles. The maximum Gasteiger partial charge on any atom is 0.174 e. The maximum absolute atomic E-state index is 14.1. The van der Waals surface area contributed by atoms with E-state index in [9.17, 15) is 9.59 Å². The van der Waals surface area contributed by atoms with Gasteiger partial charge in [-0.1, -0.05) is 64.4 Å². The minimum absolute atomic E-state index is 0.128. The molecule has 42 heavy (non-hydrogen) atoms. The van der Waals surface area contributed by atoms with Gasteiger partial charge in [0.2, 0.25) is 0 Å². The molecule has 5 nitrogen and oxygen atoms in total. The molecule has 0 bridgehead atoms. The Bertz CT molecular complexity index is 1430. The molecule has 2 aromatic carbocycles. The topological polar surface area (TPSA) is 55.8 Å². The standard InChI is InChI=1S/C36H44INO4/c1-8-13-38-26-17-35(4,5)19-28(39)32(26)31(33-27(38)18-36(6,7)20-29(33)40)24-15-25(37)34(30(16-24)41-9-2)42-21-23-12-10-11-22(3)14-23/h10-12,14-16,31H,8-9,13,17-21H2,1-7H3. The summed E-state index contributed by atoms with van der Waals surface area (Å²) in [6.45, 7) is 16.7. The average molecular weight is 682 g/mol. The van der Waals surface area contributed by atoms with Gasteiger partial charge < -0.3 is 14.4 Å². The first-order valence-electron chi connectivity index (χ1n) is 15.3. The molecule has 0 amide bonds. The number of carbonyl (C=O) groups is 2. The number of ketones is 2. The highest BCUT2D eigenvalue weighted by Gasteiger charge is 2.49. The van der Waals surface area contributed by atoms with Gasteiger partial charge in [0.05, 0.1) is 10.2 Å². The Balaban J connectivity index is 1.67. The third-order valence-electron chi connectivity index (χ3n) is 8.60. The molecule has 0 fully saturated rings. The van der Waals surface area contributed by atoms with Gasteiger partial charge in [-0.05, 0) is 89.8 Å². The fraction of sp³-hybridized carbons (Fsp3) is 0.500. The number of allylic oxidation sites excluding steroid dienone is 4. The molecule has 5 rings (SSSR count). The van der Waals surface area contributed by atoms with Gasteiger partial charge in [-0.25, -0.2) is 0 Å². The fourth-order valence-electron chi connectivity index (χ4n) is 6.99. The first-order chi connectivity index (χ1) is 19.8. The van der Waals surface area contributed by atoms with Crippen LogP contribution in [0.3, 0.4) is 0 Å². The minimum Gasteiger partial charge on any atom is -0.490 e. The second kappa shape index (κ2) is 11.8. The second-order valence-corrected chi connectivity index (χ2v) is 14.9. The molecule has 0 spiro atoms. The number of Topliss-reactive ketones (excluding diaryl/α,β-unsaturated/α-hetero) is 2. The zero-order valence-electron chi connectivity index (χ0n) is 26.2. The Hall–Kier alpha value is -2.61. The van der Waals surface area contributed by atoms with Crippen molar-refractivity contribution < 1.29 is 19.1 Å². The van der Waals surface area contributed by atoms with Gasteiger partial charge in [0.15, 0.2) is 23.1 Å². The number of hydrogen-bond acceptors (Lipinski definition) is 5. The summed E-state index contributed by atoms with van der Waals surface area (Å²) in [6.07, 6.45) is 3.56. The van der Waals surface area contributed by atoms with Crippen LogP contribution >= 0.6 is 22.6 Å². The van der Waals surface area contributed by atoms with Crippen molar-refractivity contribution in [3.05, 3.63) is 79.2 Å². The molecule has 0 atom stereocenters. The van der Waals surface area contributed by atoms with E-state index in [0.717, 1.165) is 63.0 Å². The van der Waals surface area contributed by atoms with Gasteiger partial charge in [-0.3, -0.25) is 9.59 Å². The highest BCUT2D eigenvalue weighted by Crippen LogP contribution is 2.55. The van der Waals surface area contributed by atoms with Crippen LogP contribution < -0.4 is 9.47 Å². The number of ether oxygens (including phenoxy) is 2. The van der Waals surface area contributed by atoms with Gasteiger partial charge in [0.1, 0.15) is 6.61 Å². The van der Waals surface area contributed by atoms with E-state index in [4.69, 9.17) is 9.47 Å². The number of nitrogens with zero attached hydrogens (tertiary/aromatic N) is 1. The molecule has 6 heteroatoms. The molecule has 1 heterocycles. The van der Waals surface area contributed by atoms with Crippen molar-refractivity contribution in [1.82, 2.24) is 4.90 Å². The lowest BCUT2D eigenvalue weighted by Gasteiger charge is -2.49. The number of halogens is 1. The van der Waals surface area contributed by atoms with Crippen LogP contribution in [0.4, 0.5) is 0 Å². The van der Waals surface area contributed by atoms with Crippen molar-refractivity contribution in [1.29, 1.82) is 0 Å². The Morgan fingerprint density at radius 2 is 1.50 bits per heavy atom. The van der Waals surface area contributed by atoms with Crippen LogP contribution in [0.1, 0.15) is 96.3 Å². The molecular formula is C36H44INO4. The maximum atomic E-state index is 14.1. The van der Waals surface area contributed by atoms with Gasteiger partial charge in [0, 0.05) is 47.8 Å². The third-order valence-corrected chi connectivity index (χ3v) is 9.40. The summed E-state index contributed by atoms with van der Waals surface area (Å²) in [5, 5.41) is 0. The number of aryl methyl sites for hydroxylation is 1. The Morgan fingerprint density at radius 3 is 2.05 bits per heavy atom. The van der Waals surface area contributed by atoms with E-state index in [0.29, 0.717) is 37.6 Å². The van der Waals surface area contributed by atoms with E-state index < -0.39 is 5.92 Å². The minimum atomic E-state index is -0.395. The highest BCUT2D eigenvalue weighted by molar-refractivity contribution is 14.1. The summed E-state index contributed by atoms with van der Waals surface area (Å²) in [6, 6.07) is 12.4. The summed E-state index contributed by atoms with van der Waals surface area (Å²) >= 11 is 2.31. The number of carbonyl (C=O) groups excluding carboxylic acids is 2. The van der Waals surface area contributed by atoms with Crippen molar-refractivity contribution >= 4 is 34.2 Å². The smallest absolute Gasteiger partial charge is 0.174 e. The summed E-state index contributed by atoms with van der Waals surface area (Å²) in [4.78, 5) is 30.5. The van der Waals surface area contributed by atoms with Crippen LogP contribution in [-0.4, -0.2) is 29.6 Å². The number of hydrogen-bond donors (Lipinski definition) is 0. The molecule has 0 saturated carbocycles. The lowest BCUT2D eigenvalue weighted by molar-refractivity contribution is -0.119. The van der Waals surface area contributed by atoms with Gasteiger partial charge in [-0.15, -0.1) is 0 Å². The zero-order valence-corrected chi connectivity index (χ0v) is 28.3. The molecule has 0 aromatic heterocycles. The Labute approximate surface area is 264 Å². The van der Waals surface area contributed by atoms with E-state index >= 15 is 0 Å². The Kier molecular flexibility index (Phi) is 8.68. The van der Waals surface area contributed by atoms with Crippen LogP contribution in [0.25, 0.3) is 0 Å². The summed E-state index contributed by atoms with van der Waals surface area (Å²) in [5.41, 5.74) is 6.80. The van der Waals surface area contributed by atoms with Crippen molar-refractivity contribution in [3.63, 3.8) is 0 Å². The zero-order chi connectivity index (χ0) is 30.4. The first-order valence-corrected chi connectivity index (χ1v) is 16.4. The van der Waals surface area contributed by atoms with Crippen LogP contribution in [0.5, 0.6) is 11.5 Å². The van der Waals surface area contributed by atoms with E-state index in [1.165, 1.54) is 5.56 Å². The second-order valence-electron chi connectivity index (χ2n) is 13.7. The van der Waals surface area contributed by atoms with Gasteiger partial charge >= 0.3 is 0 Å². The lowest BCUT2D eigenvalue weighted by Crippen LogP contribution is -2.44. The summed E-state index contributed by atoms with van der Waals surface area (Å²) < 4.78 is 13.4. The van der Waals surface area contributed by atoms with E-state index in [1.807, 2.05) is 19.1 Å². The molecule has 3 aliphatic rings. The van der Waals surface area contributed by atoms with Crippen LogP contribution in [0, 0.1) is 21.3 Å². The molecule has 224 valence electrons. The van der Waals surface area contributed by atoms with Crippen molar-refractivity contribution in [2.24, 2.45) is 10.8 Å². The van der Waals surface area contributed by atoms with Crippen LogP contribution in [-0.2, 0) is 16.2 Å². The third kappa shape index (κ3) is 6.06. The SMILES string of the molecule is CCCN1C2=C(C(=O)CC(C)(C)C2)C(c2cc(I)c(OCc3cccc(C)c3)c(OCC)c2)C2=C1CC(C)(C)CC2=O. The molecule has 0 unspecified atom stereocenters. The molecule has 0 saturated heterocycles. The van der Waals surface area contributed by atoms with Crippen LogP contribution in [0.2, 0.25) is 0 Å². The van der Waals surface area contributed by atoms with Gasteiger partial charge in [-0.2, -0.15) is 0 Å². The largest absolute Gasteiger partial charge is 0.490 e. The molecule has 0 N–H and O–H groups in total. The van der Waals surface area contributed by atoms with E-state index in [2.05, 4.69) is 93.3 Å². The van der Waals surface area contributed by atoms with Crippen LogP contribution in [0.15, 0.2) is 58.9 Å². The summed E-state index contributed by atoms with van der Waals surface area (Å²) in [7, 11) is 0. The molecular weight excluding hydrogens is 637 g/mol. The number of benzene rings is 2. The predicted molar refractivity (Wildman–Crippen MR) is 176 cm³/mol. The number of rotatable bonds is 8. The van der Waals surface area contributed by atoms with E-state index in [1.54, 1.807) is 0 Å². The van der Waals surface area contributed by atoms with Crippen molar-refractivity contribution in [2.45, 2.75) is 93.1 Å². The lowest BCUT2D eigenvalue weighted by atomic mass is 9.63. The quantitative estimate of drug-likeness (QED) is 0.261. The molecule has 2 aromatic rings. The normalized spacial score (nSPS) is 20.0. The van der Waals surface area contributed by atoms with Gasteiger partial charge in [0.25, 0.3) is 0 Å². The Morgan fingerprint density at radius 1 is 0.881 bits per heavy atom.